The third kappa shape index (κ3) is 1.90. The number of hydrogen-bond donors (Lipinski definition) is 3. The van der Waals surface area contributed by atoms with Crippen LogP contribution in [-0.4, -0.2) is 63.3 Å². The maximum Gasteiger partial charge on any atom is 0.409 e. The standard InChI is InChI=1S/C7H14N2O4/c1-2-8-3-4-9(7(12)13)6(11)5(8)10/h5-6,10-11H,2-4H2,1H3,(H,12,13). The van der Waals surface area contributed by atoms with Crippen molar-refractivity contribution >= 4 is 6.09 Å². The molecule has 2 atom stereocenters. The Morgan fingerprint density at radius 3 is 2.46 bits per heavy atom. The second-order valence-electron chi connectivity index (χ2n) is 2.93. The molecule has 3 N–H and O–H groups in total. The van der Waals surface area contributed by atoms with Gasteiger partial charge < -0.3 is 15.3 Å². The van der Waals surface area contributed by atoms with Gasteiger partial charge in [-0.1, -0.05) is 6.92 Å². The molecule has 1 amide bonds. The van der Waals surface area contributed by atoms with E-state index in [1.165, 1.54) is 0 Å². The SMILES string of the molecule is CCN1CCN(C(=O)O)C(O)C1O. The Balaban J connectivity index is 2.64. The smallest absolute Gasteiger partial charge is 0.409 e. The molecule has 0 aliphatic carbocycles. The lowest BCUT2D eigenvalue weighted by molar-refractivity contribution is -0.164. The van der Waals surface area contributed by atoms with Crippen LogP contribution >= 0.6 is 0 Å². The minimum Gasteiger partial charge on any atom is -0.465 e. The van der Waals surface area contributed by atoms with Gasteiger partial charge in [-0.25, -0.2) is 4.79 Å². The summed E-state index contributed by atoms with van der Waals surface area (Å²) in [6.45, 7) is 3.10. The zero-order valence-electron chi connectivity index (χ0n) is 7.42. The van der Waals surface area contributed by atoms with Crippen LogP contribution in [0, 0.1) is 0 Å². The average Bonchev–Trinajstić information content (AvgIpc) is 2.09. The van der Waals surface area contributed by atoms with Gasteiger partial charge in [-0.15, -0.1) is 0 Å². The van der Waals surface area contributed by atoms with Crippen LogP contribution in [0.2, 0.25) is 0 Å². The molecule has 1 fully saturated rings. The Labute approximate surface area is 76.0 Å². The van der Waals surface area contributed by atoms with Crippen molar-refractivity contribution in [2.24, 2.45) is 0 Å². The lowest BCUT2D eigenvalue weighted by atomic mass is 10.2. The van der Waals surface area contributed by atoms with Crippen LogP contribution < -0.4 is 0 Å². The predicted molar refractivity (Wildman–Crippen MR) is 44.0 cm³/mol. The third-order valence-corrected chi connectivity index (χ3v) is 2.24. The van der Waals surface area contributed by atoms with Crippen LogP contribution in [0.4, 0.5) is 4.79 Å². The lowest BCUT2D eigenvalue weighted by Crippen LogP contribution is -2.60. The fraction of sp³-hybridized carbons (Fsp3) is 0.857. The van der Waals surface area contributed by atoms with Crippen molar-refractivity contribution in [3.05, 3.63) is 0 Å². The Morgan fingerprint density at radius 1 is 1.38 bits per heavy atom. The molecule has 1 heterocycles. The number of hydrogen-bond acceptors (Lipinski definition) is 4. The fourth-order valence-corrected chi connectivity index (χ4v) is 1.40. The van der Waals surface area contributed by atoms with E-state index in [0.717, 1.165) is 4.90 Å². The molecular formula is C7H14N2O4. The molecule has 0 saturated carbocycles. The largest absolute Gasteiger partial charge is 0.465 e. The van der Waals surface area contributed by atoms with E-state index in [2.05, 4.69) is 0 Å². The molecule has 0 aromatic heterocycles. The zero-order valence-corrected chi connectivity index (χ0v) is 7.42. The topological polar surface area (TPSA) is 84.2 Å². The van der Waals surface area contributed by atoms with Gasteiger partial charge in [-0.3, -0.25) is 9.80 Å². The van der Waals surface area contributed by atoms with E-state index in [-0.39, 0.29) is 6.54 Å². The first-order valence-corrected chi connectivity index (χ1v) is 4.17. The molecule has 1 aliphatic rings. The maximum atomic E-state index is 10.5. The number of piperazine rings is 1. The van der Waals surface area contributed by atoms with Gasteiger partial charge >= 0.3 is 6.09 Å². The lowest BCUT2D eigenvalue weighted by Gasteiger charge is -2.40. The molecule has 0 aromatic carbocycles. The van der Waals surface area contributed by atoms with Crippen LogP contribution in [0.25, 0.3) is 0 Å². The molecule has 6 nitrogen and oxygen atoms in total. The first-order valence-electron chi connectivity index (χ1n) is 4.17. The predicted octanol–water partition coefficient (Wildman–Crippen LogP) is -1.06. The summed E-state index contributed by atoms with van der Waals surface area (Å²) in [6.07, 6.45) is -3.66. The molecule has 0 aromatic rings. The summed E-state index contributed by atoms with van der Waals surface area (Å²) in [5.41, 5.74) is 0. The fourth-order valence-electron chi connectivity index (χ4n) is 1.40. The van der Waals surface area contributed by atoms with Crippen LogP contribution in [0.3, 0.4) is 0 Å². The number of nitrogens with zero attached hydrogens (tertiary/aromatic N) is 2. The quantitative estimate of drug-likeness (QED) is 0.490. The molecule has 0 bridgehead atoms. The highest BCUT2D eigenvalue weighted by Crippen LogP contribution is 2.12. The van der Waals surface area contributed by atoms with E-state index in [0.29, 0.717) is 13.1 Å². The summed E-state index contributed by atoms with van der Waals surface area (Å²) in [4.78, 5) is 13.0. The van der Waals surface area contributed by atoms with Gasteiger partial charge in [-0.2, -0.15) is 0 Å². The Hall–Kier alpha value is -0.850. The number of likely N-dealkylation sites (N-methyl/N-ethyl adjacent to an activating group) is 1. The van der Waals surface area contributed by atoms with E-state index < -0.39 is 18.5 Å². The molecule has 2 unspecified atom stereocenters. The van der Waals surface area contributed by atoms with Gasteiger partial charge in [0.05, 0.1) is 0 Å². The normalized spacial score (nSPS) is 30.5. The van der Waals surface area contributed by atoms with E-state index in [4.69, 9.17) is 5.11 Å². The van der Waals surface area contributed by atoms with E-state index >= 15 is 0 Å². The van der Waals surface area contributed by atoms with Crippen LogP contribution in [-0.2, 0) is 0 Å². The van der Waals surface area contributed by atoms with Gasteiger partial charge in [0.2, 0.25) is 0 Å². The van der Waals surface area contributed by atoms with Gasteiger partial charge in [0.15, 0.2) is 12.5 Å². The second-order valence-corrected chi connectivity index (χ2v) is 2.93. The summed E-state index contributed by atoms with van der Waals surface area (Å²) in [6, 6.07) is 0. The summed E-state index contributed by atoms with van der Waals surface area (Å²) in [7, 11) is 0. The van der Waals surface area contributed by atoms with Crippen LogP contribution in [0.15, 0.2) is 0 Å². The van der Waals surface area contributed by atoms with Crippen molar-refractivity contribution in [3.8, 4) is 0 Å². The van der Waals surface area contributed by atoms with Crippen molar-refractivity contribution in [1.82, 2.24) is 9.80 Å². The second kappa shape index (κ2) is 3.91. The van der Waals surface area contributed by atoms with Crippen molar-refractivity contribution in [2.45, 2.75) is 19.4 Å². The first kappa shape index (κ1) is 10.2. The summed E-state index contributed by atoms with van der Waals surface area (Å²) < 4.78 is 0. The molecule has 13 heavy (non-hydrogen) atoms. The number of aliphatic hydroxyl groups excluding tert-OH is 2. The zero-order chi connectivity index (χ0) is 10.0. The minimum absolute atomic E-state index is 0.224. The number of amides is 1. The van der Waals surface area contributed by atoms with E-state index in [1.807, 2.05) is 6.92 Å². The van der Waals surface area contributed by atoms with Gasteiger partial charge in [0.25, 0.3) is 0 Å². The van der Waals surface area contributed by atoms with Gasteiger partial charge in [-0.05, 0) is 6.54 Å². The van der Waals surface area contributed by atoms with Gasteiger partial charge in [0, 0.05) is 13.1 Å². The van der Waals surface area contributed by atoms with Crippen molar-refractivity contribution < 1.29 is 20.1 Å². The number of rotatable bonds is 1. The highest BCUT2D eigenvalue weighted by atomic mass is 16.4. The molecule has 76 valence electrons. The van der Waals surface area contributed by atoms with Crippen molar-refractivity contribution in [2.75, 3.05) is 19.6 Å². The number of carboxylic acid groups (broad SMARTS) is 1. The minimum atomic E-state index is -1.34. The Bertz CT molecular complexity index is 199. The monoisotopic (exact) mass is 190 g/mol. The number of carbonyl (C=O) groups is 1. The first-order chi connectivity index (χ1) is 6.07. The summed E-state index contributed by atoms with van der Waals surface area (Å²) in [5.74, 6) is 0. The third-order valence-electron chi connectivity index (χ3n) is 2.24. The average molecular weight is 190 g/mol. The summed E-state index contributed by atoms with van der Waals surface area (Å²) in [5, 5.41) is 27.4. The molecule has 6 heteroatoms. The highest BCUT2D eigenvalue weighted by Gasteiger charge is 2.35. The molecule has 1 saturated heterocycles. The van der Waals surface area contributed by atoms with E-state index in [9.17, 15) is 15.0 Å². The van der Waals surface area contributed by atoms with E-state index in [1.54, 1.807) is 4.90 Å². The van der Waals surface area contributed by atoms with Crippen molar-refractivity contribution in [1.29, 1.82) is 0 Å². The molecule has 0 spiro atoms. The Kier molecular flexibility index (Phi) is 3.07. The van der Waals surface area contributed by atoms with Crippen molar-refractivity contribution in [3.63, 3.8) is 0 Å². The summed E-state index contributed by atoms with van der Waals surface area (Å²) >= 11 is 0. The molecule has 0 radical (unpaired) electrons. The molecule has 1 aliphatic heterocycles. The molecular weight excluding hydrogens is 176 g/mol. The van der Waals surface area contributed by atoms with Gasteiger partial charge in [0.1, 0.15) is 0 Å². The number of aliphatic hydroxyl groups is 2. The maximum absolute atomic E-state index is 10.5. The Morgan fingerprint density at radius 2 is 2.00 bits per heavy atom. The van der Waals surface area contributed by atoms with Crippen LogP contribution in [0.1, 0.15) is 6.92 Å². The van der Waals surface area contributed by atoms with Crippen LogP contribution in [0.5, 0.6) is 0 Å². The highest BCUT2D eigenvalue weighted by molar-refractivity contribution is 5.65. The molecule has 1 rings (SSSR count).